The van der Waals surface area contributed by atoms with Gasteiger partial charge in [0.05, 0.1) is 10.6 Å². The highest BCUT2D eigenvalue weighted by molar-refractivity contribution is 7.92. The van der Waals surface area contributed by atoms with Crippen LogP contribution in [0, 0.1) is 0 Å². The molecule has 0 spiro atoms. The summed E-state index contributed by atoms with van der Waals surface area (Å²) >= 11 is 18.8. The second-order valence-corrected chi connectivity index (χ2v) is 13.1. The third kappa shape index (κ3) is 8.11. The zero-order valence-corrected chi connectivity index (χ0v) is 25.1. The Bertz CT molecular complexity index is 1420. The second-order valence-electron chi connectivity index (χ2n) is 9.98. The average Bonchev–Trinajstić information content (AvgIpc) is 2.85. The molecule has 3 aromatic carbocycles. The number of carbonyl (C=O) groups excluding carboxylic acids is 2. The smallest absolute Gasteiger partial charge is 0.264 e. The number of amides is 2. The molecule has 0 radical (unpaired) electrons. The van der Waals surface area contributed by atoms with Crippen LogP contribution in [0.15, 0.2) is 77.7 Å². The first-order valence-electron chi connectivity index (χ1n) is 12.1. The molecular weight excluding hydrogens is 581 g/mol. The Kier molecular flexibility index (Phi) is 9.93. The maximum absolute atomic E-state index is 13.9. The quantitative estimate of drug-likeness (QED) is 0.314. The molecule has 0 fully saturated rings. The largest absolute Gasteiger partial charge is 0.350 e. The van der Waals surface area contributed by atoms with Gasteiger partial charge in [-0.05, 0) is 69.7 Å². The minimum Gasteiger partial charge on any atom is -0.350 e. The molecule has 0 aliphatic rings. The number of hydrogen-bond acceptors (Lipinski definition) is 4. The molecule has 208 valence electrons. The van der Waals surface area contributed by atoms with Gasteiger partial charge in [-0.15, -0.1) is 0 Å². The molecular formula is C28H30Cl3N3O4S. The first-order chi connectivity index (χ1) is 18.2. The summed E-state index contributed by atoms with van der Waals surface area (Å²) in [5, 5.41) is 3.69. The van der Waals surface area contributed by atoms with Crippen molar-refractivity contribution in [3.05, 3.63) is 93.4 Å². The van der Waals surface area contributed by atoms with Crippen LogP contribution in [0.4, 0.5) is 5.69 Å². The summed E-state index contributed by atoms with van der Waals surface area (Å²) < 4.78 is 28.5. The molecule has 39 heavy (non-hydrogen) atoms. The lowest BCUT2D eigenvalue weighted by molar-refractivity contribution is -0.140. The summed E-state index contributed by atoms with van der Waals surface area (Å²) in [6.45, 7) is 6.43. The fraction of sp³-hybridized carbons (Fsp3) is 0.286. The fourth-order valence-corrected chi connectivity index (χ4v) is 5.93. The SMILES string of the molecule is C[C@@H](C(=O)NC(C)(C)C)N(Cc1ccccc1Cl)C(=O)CN(c1cc(Cl)cc(Cl)c1)S(=O)(=O)c1ccccc1. The van der Waals surface area contributed by atoms with Crippen LogP contribution in [0.5, 0.6) is 0 Å². The van der Waals surface area contributed by atoms with Gasteiger partial charge in [0.25, 0.3) is 10.0 Å². The molecule has 0 aliphatic heterocycles. The fourth-order valence-electron chi connectivity index (χ4n) is 3.80. The molecule has 0 saturated heterocycles. The van der Waals surface area contributed by atoms with Crippen molar-refractivity contribution in [2.75, 3.05) is 10.8 Å². The van der Waals surface area contributed by atoms with Crippen LogP contribution in [0.1, 0.15) is 33.3 Å². The van der Waals surface area contributed by atoms with Crippen LogP contribution in [0.3, 0.4) is 0 Å². The van der Waals surface area contributed by atoms with Crippen molar-refractivity contribution in [2.45, 2.75) is 50.7 Å². The van der Waals surface area contributed by atoms with Crippen LogP contribution in [-0.2, 0) is 26.2 Å². The van der Waals surface area contributed by atoms with Gasteiger partial charge >= 0.3 is 0 Å². The Morgan fingerprint density at radius 3 is 2.03 bits per heavy atom. The van der Waals surface area contributed by atoms with Crippen LogP contribution >= 0.6 is 34.8 Å². The van der Waals surface area contributed by atoms with E-state index in [-0.39, 0.29) is 27.2 Å². The third-order valence-electron chi connectivity index (χ3n) is 5.71. The van der Waals surface area contributed by atoms with Gasteiger partial charge in [-0.1, -0.05) is 71.2 Å². The Morgan fingerprint density at radius 2 is 1.46 bits per heavy atom. The number of nitrogens with zero attached hydrogens (tertiary/aromatic N) is 2. The molecule has 11 heteroatoms. The van der Waals surface area contributed by atoms with Crippen molar-refractivity contribution in [1.29, 1.82) is 0 Å². The molecule has 0 unspecified atom stereocenters. The van der Waals surface area contributed by atoms with Crippen molar-refractivity contribution in [1.82, 2.24) is 10.2 Å². The van der Waals surface area contributed by atoms with E-state index in [1.807, 2.05) is 20.8 Å². The van der Waals surface area contributed by atoms with Gasteiger partial charge in [-0.25, -0.2) is 8.42 Å². The number of anilines is 1. The number of sulfonamides is 1. The lowest BCUT2D eigenvalue weighted by Gasteiger charge is -2.33. The monoisotopic (exact) mass is 609 g/mol. The van der Waals surface area contributed by atoms with Gasteiger partial charge in [-0.2, -0.15) is 0 Å². The Hall–Kier alpha value is -2.78. The van der Waals surface area contributed by atoms with Crippen molar-refractivity contribution in [3.8, 4) is 0 Å². The van der Waals surface area contributed by atoms with E-state index < -0.39 is 40.0 Å². The van der Waals surface area contributed by atoms with Crippen molar-refractivity contribution in [3.63, 3.8) is 0 Å². The number of carbonyl (C=O) groups is 2. The Morgan fingerprint density at radius 1 is 0.897 bits per heavy atom. The lowest BCUT2D eigenvalue weighted by Crippen LogP contribution is -2.54. The molecule has 2 amide bonds. The summed E-state index contributed by atoms with van der Waals surface area (Å²) in [5.74, 6) is -1.02. The van der Waals surface area contributed by atoms with Gasteiger partial charge in [-0.3, -0.25) is 13.9 Å². The van der Waals surface area contributed by atoms with Crippen molar-refractivity contribution >= 4 is 62.3 Å². The maximum atomic E-state index is 13.9. The number of rotatable bonds is 9. The first kappa shape index (κ1) is 30.8. The summed E-state index contributed by atoms with van der Waals surface area (Å²) in [5.41, 5.74) is 0.158. The minimum atomic E-state index is -4.23. The summed E-state index contributed by atoms with van der Waals surface area (Å²) in [7, 11) is -4.23. The van der Waals surface area contributed by atoms with E-state index >= 15 is 0 Å². The van der Waals surface area contributed by atoms with E-state index in [2.05, 4.69) is 5.32 Å². The Balaban J connectivity index is 2.07. The van der Waals surface area contributed by atoms with Gasteiger partial charge in [0.2, 0.25) is 11.8 Å². The minimum absolute atomic E-state index is 0.0211. The van der Waals surface area contributed by atoms with Gasteiger partial charge in [0.15, 0.2) is 0 Å². The van der Waals surface area contributed by atoms with Crippen LogP contribution < -0.4 is 9.62 Å². The van der Waals surface area contributed by atoms with Gasteiger partial charge < -0.3 is 10.2 Å². The summed E-state index contributed by atoms with van der Waals surface area (Å²) in [4.78, 5) is 28.4. The molecule has 0 heterocycles. The lowest BCUT2D eigenvalue weighted by atomic mass is 10.1. The average molecular weight is 611 g/mol. The van der Waals surface area contributed by atoms with Crippen LogP contribution in [-0.4, -0.2) is 43.3 Å². The highest BCUT2D eigenvalue weighted by atomic mass is 35.5. The van der Waals surface area contributed by atoms with Crippen molar-refractivity contribution < 1.29 is 18.0 Å². The van der Waals surface area contributed by atoms with Gasteiger partial charge in [0, 0.05) is 27.2 Å². The number of halogens is 3. The Labute approximate surface area is 244 Å². The normalized spacial score (nSPS) is 12.5. The molecule has 1 N–H and O–H groups in total. The standard InChI is InChI=1S/C28H30Cl3N3O4S/c1-19(27(36)32-28(2,3)4)33(17-20-10-8-9-13-25(20)31)26(35)18-34(23-15-21(29)14-22(30)16-23)39(37,38)24-11-6-5-7-12-24/h5-16,19H,17-18H2,1-4H3,(H,32,36)/t19-/m0/s1. The first-order valence-corrected chi connectivity index (χ1v) is 14.7. The van der Waals surface area contributed by atoms with E-state index in [0.29, 0.717) is 10.6 Å². The zero-order valence-electron chi connectivity index (χ0n) is 22.0. The molecule has 0 aromatic heterocycles. The third-order valence-corrected chi connectivity index (χ3v) is 8.30. The summed E-state index contributed by atoms with van der Waals surface area (Å²) in [6.07, 6.45) is 0. The number of benzene rings is 3. The van der Waals surface area contributed by atoms with E-state index in [1.54, 1.807) is 49.4 Å². The predicted molar refractivity (Wildman–Crippen MR) is 157 cm³/mol. The van der Waals surface area contributed by atoms with Crippen molar-refractivity contribution in [2.24, 2.45) is 0 Å². The molecule has 0 saturated carbocycles. The summed E-state index contributed by atoms with van der Waals surface area (Å²) in [6, 6.07) is 18.0. The molecule has 3 rings (SSSR count). The van der Waals surface area contributed by atoms with E-state index in [0.717, 1.165) is 4.31 Å². The van der Waals surface area contributed by atoms with E-state index in [4.69, 9.17) is 34.8 Å². The van der Waals surface area contributed by atoms with Gasteiger partial charge in [0.1, 0.15) is 12.6 Å². The second kappa shape index (κ2) is 12.6. The topological polar surface area (TPSA) is 86.8 Å². The molecule has 0 bridgehead atoms. The highest BCUT2D eigenvalue weighted by Gasteiger charge is 2.33. The van der Waals surface area contributed by atoms with E-state index in [1.165, 1.54) is 35.2 Å². The number of hydrogen-bond donors (Lipinski definition) is 1. The van der Waals surface area contributed by atoms with Crippen LogP contribution in [0.2, 0.25) is 15.1 Å². The van der Waals surface area contributed by atoms with E-state index in [9.17, 15) is 18.0 Å². The molecule has 1 atom stereocenters. The molecule has 3 aromatic rings. The number of nitrogens with one attached hydrogen (secondary N) is 1. The maximum Gasteiger partial charge on any atom is 0.264 e. The van der Waals surface area contributed by atoms with Crippen LogP contribution in [0.25, 0.3) is 0 Å². The molecule has 0 aliphatic carbocycles. The predicted octanol–water partition coefficient (Wildman–Crippen LogP) is 6.17. The zero-order chi connectivity index (χ0) is 29.0. The molecule has 7 nitrogen and oxygen atoms in total. The highest BCUT2D eigenvalue weighted by Crippen LogP contribution is 2.30.